The van der Waals surface area contributed by atoms with E-state index in [9.17, 15) is 10.1 Å². The van der Waals surface area contributed by atoms with E-state index in [2.05, 4.69) is 11.0 Å². The molecule has 24 heavy (non-hydrogen) atoms. The fourth-order valence-corrected chi connectivity index (χ4v) is 4.09. The molecule has 0 bridgehead atoms. The molecule has 0 N–H and O–H groups in total. The summed E-state index contributed by atoms with van der Waals surface area (Å²) >= 11 is 0. The summed E-state index contributed by atoms with van der Waals surface area (Å²) in [6.45, 7) is 3.18. The number of rotatable bonds is 2. The van der Waals surface area contributed by atoms with Gasteiger partial charge in [-0.1, -0.05) is 6.42 Å². The fourth-order valence-electron chi connectivity index (χ4n) is 4.09. The maximum Gasteiger partial charge on any atom is 0.270 e. The van der Waals surface area contributed by atoms with Crippen molar-refractivity contribution >= 4 is 11.8 Å². The van der Waals surface area contributed by atoms with E-state index in [1.807, 2.05) is 0 Å². The van der Waals surface area contributed by atoms with Crippen LogP contribution in [-0.2, 0) is 4.74 Å². The molecule has 1 aromatic rings. The van der Waals surface area contributed by atoms with Crippen LogP contribution in [0.4, 0.5) is 5.69 Å². The number of fused-ring (bicyclic) bond motifs is 2. The summed E-state index contributed by atoms with van der Waals surface area (Å²) in [5.74, 6) is 0.748. The average molecular weight is 330 g/mol. The zero-order chi connectivity index (χ0) is 16.6. The van der Waals surface area contributed by atoms with Crippen LogP contribution in [0, 0.1) is 10.1 Å². The summed E-state index contributed by atoms with van der Waals surface area (Å²) in [7, 11) is 0. The van der Waals surface area contributed by atoms with Crippen LogP contribution in [0.25, 0.3) is 6.08 Å². The van der Waals surface area contributed by atoms with Crippen molar-refractivity contribution in [3.05, 3.63) is 39.4 Å². The molecule has 1 aromatic carbocycles. The van der Waals surface area contributed by atoms with Crippen molar-refractivity contribution in [3.8, 4) is 5.75 Å². The number of ether oxygens (including phenoxy) is 2. The molecule has 0 radical (unpaired) electrons. The lowest BCUT2D eigenvalue weighted by atomic mass is 9.90. The minimum Gasteiger partial charge on any atom is -0.468 e. The maximum absolute atomic E-state index is 11.1. The molecule has 1 saturated carbocycles. The number of benzene rings is 1. The van der Waals surface area contributed by atoms with Crippen LogP contribution in [0.3, 0.4) is 0 Å². The molecule has 0 aromatic heterocycles. The van der Waals surface area contributed by atoms with Crippen LogP contribution in [0.1, 0.15) is 37.7 Å². The highest BCUT2D eigenvalue weighted by molar-refractivity contribution is 5.67. The minimum atomic E-state index is -0.399. The zero-order valence-electron chi connectivity index (χ0n) is 13.7. The van der Waals surface area contributed by atoms with Crippen LogP contribution >= 0.6 is 0 Å². The first kappa shape index (κ1) is 15.6. The summed E-state index contributed by atoms with van der Waals surface area (Å²) in [5, 5.41) is 11.1. The topological polar surface area (TPSA) is 64.8 Å². The van der Waals surface area contributed by atoms with Crippen LogP contribution in [0.15, 0.2) is 23.8 Å². The molecule has 1 saturated heterocycles. The zero-order valence-corrected chi connectivity index (χ0v) is 13.7. The molecule has 0 spiro atoms. The predicted octanol–water partition coefficient (Wildman–Crippen LogP) is 3.36. The number of non-ortho nitro benzene ring substituents is 1. The van der Waals surface area contributed by atoms with Gasteiger partial charge < -0.3 is 9.47 Å². The molecule has 2 heterocycles. The second-order valence-electron chi connectivity index (χ2n) is 6.70. The monoisotopic (exact) mass is 330 g/mol. The molecule has 2 aliphatic heterocycles. The molecule has 1 unspecified atom stereocenters. The molecular formula is C18H22N2O4. The normalized spacial score (nSPS) is 27.2. The molecule has 0 amide bonds. The first-order chi connectivity index (χ1) is 11.7. The molecule has 2 fully saturated rings. The number of hydrogen-bond acceptors (Lipinski definition) is 5. The quantitative estimate of drug-likeness (QED) is 0.614. The summed E-state index contributed by atoms with van der Waals surface area (Å²) in [5.41, 5.74) is 1.80. The second kappa shape index (κ2) is 6.18. The third-order valence-electron chi connectivity index (χ3n) is 5.30. The van der Waals surface area contributed by atoms with Crippen LogP contribution in [-0.4, -0.2) is 41.9 Å². The highest BCUT2D eigenvalue weighted by Crippen LogP contribution is 2.45. The van der Waals surface area contributed by atoms with Crippen molar-refractivity contribution in [2.45, 2.75) is 37.8 Å². The average Bonchev–Trinajstić information content (AvgIpc) is 2.82. The number of nitro groups is 1. The third kappa shape index (κ3) is 2.59. The van der Waals surface area contributed by atoms with E-state index in [4.69, 9.17) is 9.47 Å². The van der Waals surface area contributed by atoms with Gasteiger partial charge in [0.1, 0.15) is 5.75 Å². The van der Waals surface area contributed by atoms with Crippen LogP contribution < -0.4 is 4.74 Å². The van der Waals surface area contributed by atoms with Crippen molar-refractivity contribution in [3.63, 3.8) is 0 Å². The first-order valence-corrected chi connectivity index (χ1v) is 8.70. The third-order valence-corrected chi connectivity index (χ3v) is 5.30. The van der Waals surface area contributed by atoms with Gasteiger partial charge in [-0.3, -0.25) is 15.0 Å². The number of hydrogen-bond donors (Lipinski definition) is 0. The summed E-state index contributed by atoms with van der Waals surface area (Å²) in [6, 6.07) is 4.89. The Morgan fingerprint density at radius 1 is 1.17 bits per heavy atom. The van der Waals surface area contributed by atoms with Crippen molar-refractivity contribution in [2.75, 3.05) is 26.3 Å². The van der Waals surface area contributed by atoms with Crippen molar-refractivity contribution in [1.82, 2.24) is 4.90 Å². The lowest BCUT2D eigenvalue weighted by Gasteiger charge is -2.48. The summed E-state index contributed by atoms with van der Waals surface area (Å²) < 4.78 is 12.1. The Morgan fingerprint density at radius 2 is 2.00 bits per heavy atom. The minimum absolute atomic E-state index is 0.113. The number of nitrogens with zero attached hydrogens (tertiary/aromatic N) is 2. The molecule has 128 valence electrons. The molecule has 1 atom stereocenters. The standard InChI is InChI=1S/C18H22N2O4/c21-20(22)16-5-6-17-14(13-16)12-15-4-2-1-3-7-18(15,24-17)19-8-10-23-11-9-19/h5-6,12-13H,1-4,7-11H2. The van der Waals surface area contributed by atoms with Gasteiger partial charge in [-0.2, -0.15) is 0 Å². The molecule has 1 aliphatic carbocycles. The Kier molecular flexibility index (Phi) is 4.02. The van der Waals surface area contributed by atoms with E-state index in [-0.39, 0.29) is 10.6 Å². The van der Waals surface area contributed by atoms with E-state index >= 15 is 0 Å². The Balaban J connectivity index is 1.77. The molecule has 3 aliphatic rings. The SMILES string of the molecule is O=[N+]([O-])c1ccc2c(c1)C=C1CCCCCC1(N1CCOCC1)O2. The van der Waals surface area contributed by atoms with Gasteiger partial charge in [-0.15, -0.1) is 0 Å². The second-order valence-corrected chi connectivity index (χ2v) is 6.70. The Bertz CT molecular complexity index is 682. The van der Waals surface area contributed by atoms with E-state index in [0.29, 0.717) is 0 Å². The lowest BCUT2D eigenvalue weighted by Crippen LogP contribution is -2.58. The molecular weight excluding hydrogens is 308 g/mol. The van der Waals surface area contributed by atoms with Crippen molar-refractivity contribution in [1.29, 1.82) is 0 Å². The molecule has 6 heteroatoms. The Labute approximate surface area is 141 Å². The highest BCUT2D eigenvalue weighted by atomic mass is 16.6. The van der Waals surface area contributed by atoms with Gasteiger partial charge in [0.2, 0.25) is 0 Å². The molecule has 4 rings (SSSR count). The fraction of sp³-hybridized carbons (Fsp3) is 0.556. The van der Waals surface area contributed by atoms with E-state index in [0.717, 1.165) is 63.3 Å². The Hall–Kier alpha value is -1.92. The van der Waals surface area contributed by atoms with Gasteiger partial charge in [-0.25, -0.2) is 0 Å². The Morgan fingerprint density at radius 3 is 2.79 bits per heavy atom. The van der Waals surface area contributed by atoms with E-state index in [1.165, 1.54) is 18.1 Å². The summed E-state index contributed by atoms with van der Waals surface area (Å²) in [4.78, 5) is 13.1. The largest absolute Gasteiger partial charge is 0.468 e. The van der Waals surface area contributed by atoms with E-state index in [1.54, 1.807) is 12.1 Å². The number of nitro benzene ring substituents is 1. The van der Waals surface area contributed by atoms with Crippen molar-refractivity contribution < 1.29 is 14.4 Å². The maximum atomic E-state index is 11.1. The number of morpholine rings is 1. The highest BCUT2D eigenvalue weighted by Gasteiger charge is 2.45. The smallest absolute Gasteiger partial charge is 0.270 e. The van der Waals surface area contributed by atoms with Crippen LogP contribution in [0.5, 0.6) is 5.75 Å². The van der Waals surface area contributed by atoms with Gasteiger partial charge in [0.15, 0.2) is 5.72 Å². The van der Waals surface area contributed by atoms with Crippen LogP contribution in [0.2, 0.25) is 0 Å². The molecule has 6 nitrogen and oxygen atoms in total. The van der Waals surface area contributed by atoms with Gasteiger partial charge in [-0.05, 0) is 37.0 Å². The van der Waals surface area contributed by atoms with Gasteiger partial charge >= 0.3 is 0 Å². The van der Waals surface area contributed by atoms with Gasteiger partial charge in [0, 0.05) is 37.2 Å². The lowest BCUT2D eigenvalue weighted by molar-refractivity contribution is -0.384. The first-order valence-electron chi connectivity index (χ1n) is 8.70. The predicted molar refractivity (Wildman–Crippen MR) is 89.9 cm³/mol. The van der Waals surface area contributed by atoms with Gasteiger partial charge in [0.25, 0.3) is 5.69 Å². The van der Waals surface area contributed by atoms with E-state index < -0.39 is 5.72 Å². The summed E-state index contributed by atoms with van der Waals surface area (Å²) in [6.07, 6.45) is 7.56. The van der Waals surface area contributed by atoms with Gasteiger partial charge in [0.05, 0.1) is 18.1 Å². The van der Waals surface area contributed by atoms with Crippen molar-refractivity contribution in [2.24, 2.45) is 0 Å².